The number of carbonyl (C=O) groups excluding carboxylic acids is 1. The summed E-state index contributed by atoms with van der Waals surface area (Å²) >= 11 is 0. The van der Waals surface area contributed by atoms with E-state index in [0.29, 0.717) is 11.0 Å². The third-order valence-corrected chi connectivity index (χ3v) is 1.67. The fourth-order valence-electron chi connectivity index (χ4n) is 0.938. The highest BCUT2D eigenvalue weighted by molar-refractivity contribution is 6.34. The molecule has 0 saturated heterocycles. The number of ether oxygens (including phenoxy) is 1. The number of rotatable bonds is 2. The number of aromatic hydroxyl groups is 1. The van der Waals surface area contributed by atoms with Crippen LogP contribution in [0.15, 0.2) is 18.2 Å². The van der Waals surface area contributed by atoms with Crippen LogP contribution in [-0.2, 0) is 16.0 Å². The van der Waals surface area contributed by atoms with Gasteiger partial charge in [0.15, 0.2) is 0 Å². The number of hydrogen-bond acceptors (Lipinski definition) is 3. The molecule has 3 nitrogen and oxygen atoms in total. The van der Waals surface area contributed by atoms with E-state index in [1.807, 2.05) is 0 Å². The van der Waals surface area contributed by atoms with Gasteiger partial charge in [-0.1, -0.05) is 17.6 Å². The molecule has 0 unspecified atom stereocenters. The fourth-order valence-corrected chi connectivity index (χ4v) is 0.938. The van der Waals surface area contributed by atoms with E-state index in [0.717, 1.165) is 0 Å². The maximum atomic E-state index is 10.8. The lowest BCUT2D eigenvalue weighted by Gasteiger charge is -2.02. The molecule has 0 fully saturated rings. The Hall–Kier alpha value is -1.45. The van der Waals surface area contributed by atoms with Crippen LogP contribution in [0.5, 0.6) is 5.75 Å². The van der Waals surface area contributed by atoms with E-state index in [1.165, 1.54) is 13.2 Å². The molecule has 2 radical (unpaired) electrons. The Labute approximate surface area is 77.7 Å². The molecule has 0 atom stereocenters. The van der Waals surface area contributed by atoms with Gasteiger partial charge in [0.25, 0.3) is 0 Å². The average molecular weight is 176 g/mol. The molecule has 1 rings (SSSR count). The van der Waals surface area contributed by atoms with Crippen LogP contribution < -0.4 is 5.46 Å². The minimum Gasteiger partial charge on any atom is -0.509 e. The Balaban J connectivity index is 2.79. The Morgan fingerprint density at radius 2 is 2.31 bits per heavy atom. The predicted octanol–water partition coefficient (Wildman–Crippen LogP) is -0.0985. The standard InChI is InChI=1S/C9H9BO3/c1-13-9(12)5-6-2-3-7(10)8(11)4-6/h2-4,11H,5H2,1H3. The topological polar surface area (TPSA) is 46.5 Å². The second kappa shape index (κ2) is 3.98. The van der Waals surface area contributed by atoms with Gasteiger partial charge in [0.2, 0.25) is 0 Å². The van der Waals surface area contributed by atoms with Crippen LogP contribution in [-0.4, -0.2) is 26.0 Å². The van der Waals surface area contributed by atoms with Crippen molar-refractivity contribution < 1.29 is 14.6 Å². The minimum atomic E-state index is -0.343. The number of phenols is 1. The SMILES string of the molecule is [B]c1ccc(CC(=O)OC)cc1O. The zero-order valence-electron chi connectivity index (χ0n) is 7.28. The monoisotopic (exact) mass is 176 g/mol. The normalized spacial score (nSPS) is 9.62. The highest BCUT2D eigenvalue weighted by Gasteiger charge is 2.04. The first-order valence-electron chi connectivity index (χ1n) is 3.77. The first-order chi connectivity index (χ1) is 6.13. The molecule has 1 aromatic rings. The van der Waals surface area contributed by atoms with Crippen molar-refractivity contribution in [2.24, 2.45) is 0 Å². The van der Waals surface area contributed by atoms with Crippen LogP contribution in [0, 0.1) is 0 Å². The molecule has 1 aromatic carbocycles. The van der Waals surface area contributed by atoms with Crippen LogP contribution in [0.1, 0.15) is 5.56 Å². The maximum Gasteiger partial charge on any atom is 0.309 e. The average Bonchev–Trinajstić information content (AvgIpc) is 2.11. The van der Waals surface area contributed by atoms with Crippen LogP contribution in [0.25, 0.3) is 0 Å². The predicted molar refractivity (Wildman–Crippen MR) is 49.2 cm³/mol. The van der Waals surface area contributed by atoms with E-state index in [4.69, 9.17) is 7.85 Å². The van der Waals surface area contributed by atoms with Crippen LogP contribution >= 0.6 is 0 Å². The van der Waals surface area contributed by atoms with Gasteiger partial charge in [-0.05, 0) is 11.6 Å². The van der Waals surface area contributed by atoms with Crippen molar-refractivity contribution in [1.29, 1.82) is 0 Å². The van der Waals surface area contributed by atoms with Crippen molar-refractivity contribution in [3.05, 3.63) is 23.8 Å². The van der Waals surface area contributed by atoms with E-state index in [9.17, 15) is 9.90 Å². The summed E-state index contributed by atoms with van der Waals surface area (Å²) in [6.45, 7) is 0. The quantitative estimate of drug-likeness (QED) is 0.505. The van der Waals surface area contributed by atoms with Crippen LogP contribution in [0.2, 0.25) is 0 Å². The molecule has 0 aliphatic heterocycles. The first-order valence-corrected chi connectivity index (χ1v) is 3.77. The van der Waals surface area contributed by atoms with Crippen molar-refractivity contribution in [3.8, 4) is 5.75 Å². The third-order valence-electron chi connectivity index (χ3n) is 1.67. The summed E-state index contributed by atoms with van der Waals surface area (Å²) < 4.78 is 4.47. The highest BCUT2D eigenvalue weighted by atomic mass is 16.5. The summed E-state index contributed by atoms with van der Waals surface area (Å²) in [5.41, 5.74) is 0.979. The molecule has 0 amide bonds. The van der Waals surface area contributed by atoms with Crippen LogP contribution in [0.4, 0.5) is 0 Å². The third kappa shape index (κ3) is 2.51. The Kier molecular flexibility index (Phi) is 2.95. The molecule has 0 aliphatic carbocycles. The van der Waals surface area contributed by atoms with E-state index in [2.05, 4.69) is 4.74 Å². The van der Waals surface area contributed by atoms with Gasteiger partial charge in [-0.2, -0.15) is 0 Å². The fraction of sp³-hybridized carbons (Fsp3) is 0.222. The Bertz CT molecular complexity index is 323. The molecule has 66 valence electrons. The van der Waals surface area contributed by atoms with E-state index in [-0.39, 0.29) is 18.1 Å². The van der Waals surface area contributed by atoms with Crippen molar-refractivity contribution >= 4 is 19.3 Å². The van der Waals surface area contributed by atoms with Crippen molar-refractivity contribution in [2.45, 2.75) is 6.42 Å². The lowest BCUT2D eigenvalue weighted by atomic mass is 9.93. The summed E-state index contributed by atoms with van der Waals surface area (Å²) in [7, 11) is 6.70. The minimum absolute atomic E-state index is 0.0126. The van der Waals surface area contributed by atoms with E-state index < -0.39 is 0 Å². The first kappa shape index (κ1) is 9.64. The van der Waals surface area contributed by atoms with E-state index >= 15 is 0 Å². The molecule has 4 heteroatoms. The zero-order chi connectivity index (χ0) is 9.84. The van der Waals surface area contributed by atoms with Gasteiger partial charge < -0.3 is 9.84 Å². The van der Waals surface area contributed by atoms with Gasteiger partial charge in [-0.25, -0.2) is 0 Å². The van der Waals surface area contributed by atoms with Gasteiger partial charge >= 0.3 is 5.97 Å². The van der Waals surface area contributed by atoms with Gasteiger partial charge in [0.1, 0.15) is 13.6 Å². The van der Waals surface area contributed by atoms with Gasteiger partial charge in [0.05, 0.1) is 13.5 Å². The molecule has 0 saturated carbocycles. The van der Waals surface area contributed by atoms with Crippen LogP contribution in [0.3, 0.4) is 0 Å². The van der Waals surface area contributed by atoms with Crippen molar-refractivity contribution in [3.63, 3.8) is 0 Å². The van der Waals surface area contributed by atoms with E-state index in [1.54, 1.807) is 12.1 Å². The van der Waals surface area contributed by atoms with Crippen molar-refractivity contribution in [1.82, 2.24) is 0 Å². The summed E-state index contributed by atoms with van der Waals surface area (Å²) in [5.74, 6) is -0.356. The molecule has 0 spiro atoms. The molecule has 0 aliphatic rings. The number of benzene rings is 1. The molecular formula is C9H9BO3. The summed E-state index contributed by atoms with van der Waals surface area (Å²) in [6.07, 6.45) is 0.143. The van der Waals surface area contributed by atoms with Gasteiger partial charge in [-0.15, -0.1) is 0 Å². The number of hydrogen-bond donors (Lipinski definition) is 1. The molecule has 0 aromatic heterocycles. The summed E-state index contributed by atoms with van der Waals surface area (Å²) in [6, 6.07) is 4.67. The second-order valence-corrected chi connectivity index (χ2v) is 2.65. The Morgan fingerprint density at radius 1 is 1.62 bits per heavy atom. The summed E-state index contributed by atoms with van der Waals surface area (Å²) in [5, 5.41) is 9.21. The molecular weight excluding hydrogens is 167 g/mol. The zero-order valence-corrected chi connectivity index (χ0v) is 7.28. The molecule has 0 heterocycles. The molecule has 0 bridgehead atoms. The number of carbonyl (C=O) groups is 1. The van der Waals surface area contributed by atoms with Gasteiger partial charge in [0, 0.05) is 0 Å². The lowest BCUT2D eigenvalue weighted by Crippen LogP contribution is -2.07. The lowest BCUT2D eigenvalue weighted by molar-refractivity contribution is -0.139. The molecule has 13 heavy (non-hydrogen) atoms. The Morgan fingerprint density at radius 3 is 2.85 bits per heavy atom. The largest absolute Gasteiger partial charge is 0.509 e. The molecule has 1 N–H and O–H groups in total. The maximum absolute atomic E-state index is 10.8. The smallest absolute Gasteiger partial charge is 0.309 e. The highest BCUT2D eigenvalue weighted by Crippen LogP contribution is 2.08. The second-order valence-electron chi connectivity index (χ2n) is 2.65. The van der Waals surface area contributed by atoms with Crippen molar-refractivity contribution in [2.75, 3.05) is 7.11 Å². The number of methoxy groups -OCH3 is 1. The number of esters is 1. The number of phenolic OH excluding ortho intramolecular Hbond substituents is 1. The van der Waals surface area contributed by atoms with Gasteiger partial charge in [-0.3, -0.25) is 4.79 Å². The summed E-state index contributed by atoms with van der Waals surface area (Å²) in [4.78, 5) is 10.8.